The van der Waals surface area contributed by atoms with E-state index in [1.165, 1.54) is 11.0 Å². The molecule has 0 amide bonds. The summed E-state index contributed by atoms with van der Waals surface area (Å²) in [6.07, 6.45) is 3.27. The number of ether oxygens (including phenoxy) is 1. The van der Waals surface area contributed by atoms with Gasteiger partial charge in [0.1, 0.15) is 6.33 Å². The van der Waals surface area contributed by atoms with Gasteiger partial charge in [-0.25, -0.2) is 9.67 Å². The van der Waals surface area contributed by atoms with E-state index in [4.69, 9.17) is 4.74 Å². The van der Waals surface area contributed by atoms with Gasteiger partial charge in [-0.3, -0.25) is 10.1 Å². The van der Waals surface area contributed by atoms with Gasteiger partial charge in [0, 0.05) is 26.2 Å². The zero-order valence-electron chi connectivity index (χ0n) is 14.0. The van der Waals surface area contributed by atoms with Gasteiger partial charge >= 0.3 is 11.6 Å². The lowest BCUT2D eigenvalue weighted by Gasteiger charge is -2.30. The molecule has 0 bridgehead atoms. The first-order chi connectivity index (χ1) is 11.5. The third kappa shape index (κ3) is 3.15. The molecule has 0 saturated carbocycles. The second-order valence-electron chi connectivity index (χ2n) is 6.13. The number of hydrogen-bond donors (Lipinski definition) is 0. The van der Waals surface area contributed by atoms with Crippen LogP contribution >= 0.6 is 0 Å². The minimum atomic E-state index is -0.480. The van der Waals surface area contributed by atoms with E-state index in [1.807, 2.05) is 11.8 Å². The Morgan fingerprint density at radius 3 is 2.62 bits per heavy atom. The van der Waals surface area contributed by atoms with Crippen LogP contribution in [0.3, 0.4) is 0 Å². The third-order valence-electron chi connectivity index (χ3n) is 4.20. The predicted molar refractivity (Wildman–Crippen MR) is 87.3 cm³/mol. The Morgan fingerprint density at radius 2 is 2.04 bits per heavy atom. The molecule has 24 heavy (non-hydrogen) atoms. The molecule has 1 aliphatic rings. The zero-order valence-corrected chi connectivity index (χ0v) is 14.0. The number of nitro groups is 1. The van der Waals surface area contributed by atoms with Crippen molar-refractivity contribution in [1.29, 1.82) is 0 Å². The number of nitrogens with zero attached hydrogens (tertiary/aromatic N) is 6. The minimum absolute atomic E-state index is 0.0633. The summed E-state index contributed by atoms with van der Waals surface area (Å²) < 4.78 is 7.17. The monoisotopic (exact) mass is 332 g/mol. The normalized spacial score (nSPS) is 15.5. The second-order valence-corrected chi connectivity index (χ2v) is 6.13. The molecule has 0 N–H and O–H groups in total. The molecular formula is C15H20N6O3. The number of aromatic nitrogens is 4. The lowest BCUT2D eigenvalue weighted by atomic mass is 9.99. The summed E-state index contributed by atoms with van der Waals surface area (Å²) in [6, 6.07) is 1.70. The lowest BCUT2D eigenvalue weighted by molar-refractivity contribution is -0.385. The van der Waals surface area contributed by atoms with Crippen molar-refractivity contribution in [3.8, 4) is 11.8 Å². The lowest BCUT2D eigenvalue weighted by Crippen LogP contribution is -2.34. The van der Waals surface area contributed by atoms with Crippen molar-refractivity contribution in [3.63, 3.8) is 0 Å². The Balaban J connectivity index is 1.96. The van der Waals surface area contributed by atoms with Crippen LogP contribution in [0.25, 0.3) is 0 Å². The van der Waals surface area contributed by atoms with Gasteiger partial charge in [0.2, 0.25) is 11.7 Å². The van der Waals surface area contributed by atoms with Crippen LogP contribution in [0.15, 0.2) is 12.4 Å². The molecule has 0 aromatic carbocycles. The van der Waals surface area contributed by atoms with Crippen molar-refractivity contribution in [3.05, 3.63) is 28.2 Å². The van der Waals surface area contributed by atoms with Crippen LogP contribution in [-0.2, 0) is 7.05 Å². The Bertz CT molecular complexity index is 752. The van der Waals surface area contributed by atoms with Gasteiger partial charge in [0.15, 0.2) is 0 Å². The molecule has 3 heterocycles. The number of aryl methyl sites for hydroxylation is 2. The van der Waals surface area contributed by atoms with Gasteiger partial charge in [-0.15, -0.1) is 0 Å². The van der Waals surface area contributed by atoms with Crippen molar-refractivity contribution in [2.45, 2.75) is 26.7 Å². The summed E-state index contributed by atoms with van der Waals surface area (Å²) >= 11 is 0. The van der Waals surface area contributed by atoms with Gasteiger partial charge in [0.25, 0.3) is 0 Å². The fraction of sp³-hybridized carbons (Fsp3) is 0.533. The molecule has 1 saturated heterocycles. The first-order valence-electron chi connectivity index (χ1n) is 7.88. The molecule has 1 fully saturated rings. The maximum Gasteiger partial charge on any atom is 0.373 e. The standard InChI is InChI=1S/C15H20N6O3/c1-10-4-6-20(7-5-10)14-13(21(22)23)15(17-9-16-14)24-12-8-11(2)18-19(12)3/h8-10H,4-7H2,1-3H3. The van der Waals surface area contributed by atoms with E-state index in [9.17, 15) is 10.1 Å². The van der Waals surface area contributed by atoms with Crippen molar-refractivity contribution in [1.82, 2.24) is 19.7 Å². The molecule has 0 atom stereocenters. The Morgan fingerprint density at radius 1 is 1.33 bits per heavy atom. The molecule has 1 aliphatic heterocycles. The van der Waals surface area contributed by atoms with Crippen LogP contribution in [0.2, 0.25) is 0 Å². The van der Waals surface area contributed by atoms with E-state index in [-0.39, 0.29) is 11.6 Å². The summed E-state index contributed by atoms with van der Waals surface area (Å²) in [7, 11) is 1.71. The highest BCUT2D eigenvalue weighted by Crippen LogP contribution is 2.37. The van der Waals surface area contributed by atoms with Crippen molar-refractivity contribution >= 4 is 11.5 Å². The highest BCUT2D eigenvalue weighted by molar-refractivity contribution is 5.63. The fourth-order valence-corrected chi connectivity index (χ4v) is 2.82. The summed E-state index contributed by atoms with van der Waals surface area (Å²) in [5.41, 5.74) is 0.556. The zero-order chi connectivity index (χ0) is 17.3. The number of rotatable bonds is 4. The maximum absolute atomic E-state index is 11.6. The smallest absolute Gasteiger partial charge is 0.373 e. The number of hydrogen-bond acceptors (Lipinski definition) is 7. The van der Waals surface area contributed by atoms with E-state index in [0.717, 1.165) is 31.6 Å². The average Bonchev–Trinajstić information content (AvgIpc) is 2.85. The van der Waals surface area contributed by atoms with E-state index in [1.54, 1.807) is 13.1 Å². The quantitative estimate of drug-likeness (QED) is 0.626. The minimum Gasteiger partial charge on any atom is -0.415 e. The highest BCUT2D eigenvalue weighted by Gasteiger charge is 2.30. The molecule has 0 unspecified atom stereocenters. The number of piperidine rings is 1. The summed E-state index contributed by atoms with van der Waals surface area (Å²) in [4.78, 5) is 21.2. The summed E-state index contributed by atoms with van der Waals surface area (Å²) in [5, 5.41) is 15.8. The molecular weight excluding hydrogens is 312 g/mol. The molecule has 2 aromatic heterocycles. The average molecular weight is 332 g/mol. The second kappa shape index (κ2) is 6.42. The first kappa shape index (κ1) is 16.2. The molecule has 9 nitrogen and oxygen atoms in total. The Hall–Kier alpha value is -2.71. The molecule has 0 radical (unpaired) electrons. The fourth-order valence-electron chi connectivity index (χ4n) is 2.82. The Labute approximate surface area is 139 Å². The van der Waals surface area contributed by atoms with Crippen LogP contribution in [0.4, 0.5) is 11.5 Å². The summed E-state index contributed by atoms with van der Waals surface area (Å²) in [6.45, 7) is 5.49. The molecule has 0 aliphatic carbocycles. The van der Waals surface area contributed by atoms with E-state index >= 15 is 0 Å². The van der Waals surface area contributed by atoms with Crippen LogP contribution in [0.1, 0.15) is 25.5 Å². The SMILES string of the molecule is Cc1cc(Oc2ncnc(N3CCC(C)CC3)c2[N+](=O)[O-])n(C)n1. The van der Waals surface area contributed by atoms with Crippen molar-refractivity contribution in [2.75, 3.05) is 18.0 Å². The van der Waals surface area contributed by atoms with Gasteiger partial charge < -0.3 is 9.64 Å². The predicted octanol–water partition coefficient (Wildman–Crippen LogP) is 2.46. The maximum atomic E-state index is 11.6. The van der Waals surface area contributed by atoms with Gasteiger partial charge in [-0.2, -0.15) is 10.1 Å². The van der Waals surface area contributed by atoms with Crippen LogP contribution < -0.4 is 9.64 Å². The topological polar surface area (TPSA) is 99.2 Å². The van der Waals surface area contributed by atoms with E-state index < -0.39 is 4.92 Å². The molecule has 9 heteroatoms. The largest absolute Gasteiger partial charge is 0.415 e. The summed E-state index contributed by atoms with van der Waals surface area (Å²) in [5.74, 6) is 1.27. The van der Waals surface area contributed by atoms with E-state index in [0.29, 0.717) is 17.6 Å². The highest BCUT2D eigenvalue weighted by atomic mass is 16.6. The van der Waals surface area contributed by atoms with Gasteiger partial charge in [-0.1, -0.05) is 6.92 Å². The molecule has 2 aromatic rings. The number of anilines is 1. The molecule has 0 spiro atoms. The van der Waals surface area contributed by atoms with Gasteiger partial charge in [0.05, 0.1) is 10.6 Å². The van der Waals surface area contributed by atoms with Gasteiger partial charge in [-0.05, 0) is 25.7 Å². The van der Waals surface area contributed by atoms with E-state index in [2.05, 4.69) is 22.0 Å². The van der Waals surface area contributed by atoms with Crippen molar-refractivity contribution in [2.24, 2.45) is 13.0 Å². The Kier molecular flexibility index (Phi) is 4.32. The molecule has 3 rings (SSSR count). The van der Waals surface area contributed by atoms with Crippen LogP contribution in [0.5, 0.6) is 11.8 Å². The van der Waals surface area contributed by atoms with Crippen LogP contribution in [-0.4, -0.2) is 37.8 Å². The first-order valence-corrected chi connectivity index (χ1v) is 7.88. The molecule has 128 valence electrons. The van der Waals surface area contributed by atoms with Crippen LogP contribution in [0, 0.1) is 23.0 Å². The van der Waals surface area contributed by atoms with Crippen molar-refractivity contribution < 1.29 is 9.66 Å². The third-order valence-corrected chi connectivity index (χ3v) is 4.20.